The van der Waals surface area contributed by atoms with E-state index in [0.717, 1.165) is 0 Å². The van der Waals surface area contributed by atoms with Crippen molar-refractivity contribution in [3.05, 3.63) is 0 Å². The van der Waals surface area contributed by atoms with E-state index in [4.69, 9.17) is 101 Å². The molecule has 0 aliphatic carbocycles. The van der Waals surface area contributed by atoms with Crippen LogP contribution < -0.4 is 0 Å². The van der Waals surface area contributed by atoms with Crippen molar-refractivity contribution >= 4 is 0 Å². The summed E-state index contributed by atoms with van der Waals surface area (Å²) < 4.78 is 96.4. The van der Waals surface area contributed by atoms with Crippen LogP contribution in [0.25, 0.3) is 0 Å². The molecule has 0 spiro atoms. The summed E-state index contributed by atoms with van der Waals surface area (Å²) in [5, 5.41) is 35.1. The molecule has 1 aliphatic heterocycles. The van der Waals surface area contributed by atoms with E-state index in [1.54, 1.807) is 0 Å². The largest absolute Gasteiger partial charge is 0.394 e. The summed E-state index contributed by atoms with van der Waals surface area (Å²) in [5.41, 5.74) is 0. The molecule has 1 heterocycles. The molecule has 4 atom stereocenters. The maximum Gasteiger partial charge on any atom is 0.115 e. The summed E-state index contributed by atoms with van der Waals surface area (Å²) in [7, 11) is 0. The molecule has 21 nitrogen and oxygen atoms in total. The molecule has 1 saturated heterocycles. The summed E-state index contributed by atoms with van der Waals surface area (Å²) >= 11 is 0. The number of aliphatic hydroxyl groups excluding tert-OH is 4. The van der Waals surface area contributed by atoms with Crippen LogP contribution in [0.1, 0.15) is 0 Å². The normalized spacial score (nSPS) is 17.4. The SMILES string of the molecule is OCCOCCOCCOCCOC[C@@H](OCCOCCOCCOCCO)[C@H]1OC[C@H](OCCOCCOCCOCCO)[C@H]1OCCOCCOCCOCCO. The van der Waals surface area contributed by atoms with Crippen LogP contribution in [0.4, 0.5) is 0 Å². The third kappa shape index (κ3) is 36.4. The Morgan fingerprint density at radius 3 is 0.983 bits per heavy atom. The molecule has 0 aromatic rings. The molecule has 59 heavy (non-hydrogen) atoms. The minimum absolute atomic E-state index is 0.0215. The number of hydrogen-bond acceptors (Lipinski definition) is 21. The zero-order chi connectivity index (χ0) is 42.4. The van der Waals surface area contributed by atoms with Crippen LogP contribution in [0, 0.1) is 0 Å². The van der Waals surface area contributed by atoms with E-state index in [2.05, 4.69) is 0 Å². The van der Waals surface area contributed by atoms with E-state index in [1.165, 1.54) is 0 Å². The highest BCUT2D eigenvalue weighted by atomic mass is 16.6. The highest BCUT2D eigenvalue weighted by Gasteiger charge is 2.44. The lowest BCUT2D eigenvalue weighted by molar-refractivity contribution is -0.141. The second kappa shape index (κ2) is 46.7. The summed E-state index contributed by atoms with van der Waals surface area (Å²) in [6.07, 6.45) is -1.98. The Bertz CT molecular complexity index is 809. The van der Waals surface area contributed by atoms with Crippen molar-refractivity contribution in [2.24, 2.45) is 0 Å². The number of rotatable bonds is 50. The summed E-state index contributed by atoms with van der Waals surface area (Å²) in [4.78, 5) is 0. The third-order valence-corrected chi connectivity index (χ3v) is 7.74. The van der Waals surface area contributed by atoms with E-state index in [1.807, 2.05) is 0 Å². The van der Waals surface area contributed by atoms with E-state index >= 15 is 0 Å². The standard InChI is InChI=1S/C38H76O21/c39-1-5-43-9-13-47-17-18-51-25-26-55-33-35(56-30-27-52-22-19-48-14-10-44-6-2-40)38-37(58-32-29-54-24-21-50-16-12-46-8-4-42)36(34-59-38)57-31-28-53-23-20-49-15-11-45-7-3-41/h35-42H,1-34H2/t35-,36+,37-,38-/m1/s1. The fraction of sp³-hybridized carbons (Fsp3) is 1.00. The van der Waals surface area contributed by atoms with Gasteiger partial charge in [-0.25, -0.2) is 0 Å². The summed E-state index contributed by atoms with van der Waals surface area (Å²) in [5.74, 6) is 0. The molecule has 1 aliphatic rings. The highest BCUT2D eigenvalue weighted by Crippen LogP contribution is 2.25. The second-order valence-corrected chi connectivity index (χ2v) is 12.3. The Kier molecular flexibility index (Phi) is 44.4. The lowest BCUT2D eigenvalue weighted by Gasteiger charge is -2.29. The molecule has 1 fully saturated rings. The molecule has 0 unspecified atom stereocenters. The van der Waals surface area contributed by atoms with Gasteiger partial charge in [-0.1, -0.05) is 0 Å². The summed E-state index contributed by atoms with van der Waals surface area (Å²) in [6.45, 7) is 10.3. The van der Waals surface area contributed by atoms with E-state index < -0.39 is 24.4 Å². The van der Waals surface area contributed by atoms with Crippen LogP contribution in [-0.4, -0.2) is 269 Å². The van der Waals surface area contributed by atoms with Gasteiger partial charge in [0, 0.05) is 0 Å². The molecule has 1 rings (SSSR count). The predicted molar refractivity (Wildman–Crippen MR) is 208 cm³/mol. The quantitative estimate of drug-likeness (QED) is 0.0472. The van der Waals surface area contributed by atoms with Gasteiger partial charge in [0.15, 0.2) is 0 Å². The molecular weight excluding hydrogens is 792 g/mol. The number of hydrogen-bond donors (Lipinski definition) is 4. The lowest BCUT2D eigenvalue weighted by atomic mass is 10.1. The van der Waals surface area contributed by atoms with Gasteiger partial charge in [0.1, 0.15) is 24.4 Å². The fourth-order valence-corrected chi connectivity index (χ4v) is 5.01. The molecule has 0 saturated carbocycles. The second-order valence-electron chi connectivity index (χ2n) is 12.3. The number of aliphatic hydroxyl groups is 4. The number of ether oxygens (including phenoxy) is 17. The van der Waals surface area contributed by atoms with Crippen molar-refractivity contribution in [2.45, 2.75) is 24.4 Å². The van der Waals surface area contributed by atoms with Crippen molar-refractivity contribution in [2.75, 3.05) is 225 Å². The Balaban J connectivity index is 2.65. The van der Waals surface area contributed by atoms with Gasteiger partial charge in [0.25, 0.3) is 0 Å². The van der Waals surface area contributed by atoms with Crippen LogP contribution in [-0.2, 0) is 80.5 Å². The Morgan fingerprint density at radius 1 is 0.339 bits per heavy atom. The predicted octanol–water partition coefficient (Wildman–Crippen LogP) is -2.27. The smallest absolute Gasteiger partial charge is 0.115 e. The first-order chi connectivity index (χ1) is 29.3. The topological polar surface area (TPSA) is 238 Å². The summed E-state index contributed by atoms with van der Waals surface area (Å²) in [6, 6.07) is 0. The minimum Gasteiger partial charge on any atom is -0.394 e. The van der Waals surface area contributed by atoms with Gasteiger partial charge in [-0.2, -0.15) is 0 Å². The molecule has 0 aromatic heterocycles. The first-order valence-corrected chi connectivity index (χ1v) is 20.7. The molecule has 0 aromatic carbocycles. The molecule has 0 radical (unpaired) electrons. The van der Waals surface area contributed by atoms with Crippen LogP contribution in [0.5, 0.6) is 0 Å². The third-order valence-electron chi connectivity index (χ3n) is 7.74. The zero-order valence-corrected chi connectivity index (χ0v) is 35.1. The van der Waals surface area contributed by atoms with Crippen molar-refractivity contribution in [3.63, 3.8) is 0 Å². The zero-order valence-electron chi connectivity index (χ0n) is 35.1. The molecule has 21 heteroatoms. The monoisotopic (exact) mass is 868 g/mol. The van der Waals surface area contributed by atoms with Gasteiger partial charge >= 0.3 is 0 Å². The van der Waals surface area contributed by atoms with E-state index in [-0.39, 0.29) is 79.3 Å². The maximum atomic E-state index is 8.79. The van der Waals surface area contributed by atoms with Crippen molar-refractivity contribution < 1.29 is 101 Å². The Hall–Kier alpha value is -0.840. The van der Waals surface area contributed by atoms with Crippen LogP contribution >= 0.6 is 0 Å². The van der Waals surface area contributed by atoms with Gasteiger partial charge in [-0.05, 0) is 0 Å². The Morgan fingerprint density at radius 2 is 0.627 bits per heavy atom. The van der Waals surface area contributed by atoms with Gasteiger partial charge < -0.3 is 101 Å². The van der Waals surface area contributed by atoms with Gasteiger partial charge in [-0.15, -0.1) is 0 Å². The molecular formula is C38H76O21. The molecule has 0 bridgehead atoms. The van der Waals surface area contributed by atoms with Crippen LogP contribution in [0.2, 0.25) is 0 Å². The van der Waals surface area contributed by atoms with Crippen molar-refractivity contribution in [1.82, 2.24) is 0 Å². The van der Waals surface area contributed by atoms with Gasteiger partial charge in [0.05, 0.1) is 225 Å². The van der Waals surface area contributed by atoms with E-state index in [9.17, 15) is 0 Å². The Labute approximate surface area is 349 Å². The average Bonchev–Trinajstić information content (AvgIpc) is 3.65. The van der Waals surface area contributed by atoms with E-state index in [0.29, 0.717) is 145 Å². The highest BCUT2D eigenvalue weighted by molar-refractivity contribution is 4.91. The van der Waals surface area contributed by atoms with Crippen molar-refractivity contribution in [3.8, 4) is 0 Å². The van der Waals surface area contributed by atoms with Gasteiger partial charge in [-0.3, -0.25) is 0 Å². The minimum atomic E-state index is -0.533. The molecule has 0 amide bonds. The van der Waals surface area contributed by atoms with Crippen LogP contribution in [0.15, 0.2) is 0 Å². The first-order valence-electron chi connectivity index (χ1n) is 20.7. The fourth-order valence-electron chi connectivity index (χ4n) is 5.01. The average molecular weight is 869 g/mol. The first kappa shape index (κ1) is 56.2. The maximum absolute atomic E-state index is 8.79. The van der Waals surface area contributed by atoms with Crippen LogP contribution in [0.3, 0.4) is 0 Å². The van der Waals surface area contributed by atoms with Crippen molar-refractivity contribution in [1.29, 1.82) is 0 Å². The molecule has 4 N–H and O–H groups in total. The molecule has 354 valence electrons. The van der Waals surface area contributed by atoms with Gasteiger partial charge in [0.2, 0.25) is 0 Å². The lowest BCUT2D eigenvalue weighted by Crippen LogP contribution is -2.46.